The molecule has 0 rings (SSSR count). The monoisotopic (exact) mass is 131 g/mol. The lowest BCUT2D eigenvalue weighted by atomic mass is 10.5. The van der Waals surface area contributed by atoms with Crippen LogP contribution in [-0.4, -0.2) is 19.7 Å². The van der Waals surface area contributed by atoms with E-state index in [1.807, 2.05) is 5.06 Å². The van der Waals surface area contributed by atoms with Gasteiger partial charge in [0.1, 0.15) is 6.61 Å². The Bertz CT molecular complexity index is 52.9. The van der Waals surface area contributed by atoms with E-state index in [9.17, 15) is 0 Å². The van der Waals surface area contributed by atoms with Gasteiger partial charge in [0.05, 0.1) is 0 Å². The first-order valence-corrected chi connectivity index (χ1v) is 3.73. The van der Waals surface area contributed by atoms with E-state index in [0.29, 0.717) is 0 Å². The first-order valence-electron chi connectivity index (χ1n) is 3.73. The zero-order valence-corrected chi connectivity index (χ0v) is 6.68. The fourth-order valence-corrected chi connectivity index (χ4v) is 0.627. The van der Waals surface area contributed by atoms with E-state index in [-0.39, 0.29) is 0 Å². The Kier molecular flexibility index (Phi) is 5.99. The molecule has 55 valence electrons. The van der Waals surface area contributed by atoms with Crippen molar-refractivity contribution in [3.8, 4) is 0 Å². The average molecular weight is 131 g/mol. The topological polar surface area (TPSA) is 15.1 Å². The predicted molar refractivity (Wildman–Crippen MR) is 39.5 cm³/mol. The second kappa shape index (κ2) is 6.05. The van der Waals surface area contributed by atoms with Crippen LogP contribution in [0.1, 0.15) is 27.2 Å². The molecular weight excluding hydrogens is 114 g/mol. The Hall–Kier alpha value is -0.0800. The van der Waals surface area contributed by atoms with Crippen LogP contribution in [0.25, 0.3) is 0 Å². The molecule has 2 heteroatoms. The van der Waals surface area contributed by atoms with Crippen LogP contribution >= 0.6 is 0 Å². The lowest BCUT2D eigenvalue weighted by molar-refractivity contribution is -0.0646. The number of hydrogen-bond donors (Lipinski definition) is 0. The Balaban J connectivity index is 3.09. The van der Waals surface area contributed by atoms with E-state index >= 15 is 0 Å². The van der Waals surface area contributed by atoms with Gasteiger partial charge < -0.3 is 0 Å². The number of hydrogen-bond acceptors (Lipinski definition) is 2. The van der Waals surface area contributed by atoms with Gasteiger partial charge in [-0.2, -0.15) is 0 Å². The first kappa shape index (κ1) is 8.92. The lowest BCUT2D eigenvalue weighted by Gasteiger charge is -2.03. The molecule has 0 atom stereocenters. The van der Waals surface area contributed by atoms with E-state index in [1.54, 1.807) is 0 Å². The van der Waals surface area contributed by atoms with Crippen molar-refractivity contribution in [1.29, 1.82) is 0 Å². The van der Waals surface area contributed by atoms with Crippen LogP contribution in [0.4, 0.5) is 0 Å². The maximum atomic E-state index is 5.32. The van der Waals surface area contributed by atoms with E-state index in [0.717, 1.165) is 26.1 Å². The van der Waals surface area contributed by atoms with Gasteiger partial charge in [0, 0.05) is 0 Å². The SMILES string of the molecule is CCCO[N+](CC)CC. The summed E-state index contributed by atoms with van der Waals surface area (Å²) in [7, 11) is 0. The molecule has 0 aromatic carbocycles. The molecule has 0 saturated carbocycles. The van der Waals surface area contributed by atoms with Gasteiger partial charge in [-0.1, -0.05) is 6.92 Å². The molecule has 0 bridgehead atoms. The summed E-state index contributed by atoms with van der Waals surface area (Å²) in [5.74, 6) is 0. The molecule has 0 unspecified atom stereocenters. The summed E-state index contributed by atoms with van der Waals surface area (Å²) >= 11 is 0. The van der Waals surface area contributed by atoms with Gasteiger partial charge in [-0.15, -0.1) is 4.84 Å². The molecule has 0 aliphatic rings. The molecule has 0 aliphatic heterocycles. The van der Waals surface area contributed by atoms with Gasteiger partial charge >= 0.3 is 0 Å². The van der Waals surface area contributed by atoms with E-state index < -0.39 is 0 Å². The lowest BCUT2D eigenvalue weighted by Crippen LogP contribution is -2.29. The summed E-state index contributed by atoms with van der Waals surface area (Å²) in [6.07, 6.45) is 1.09. The minimum atomic E-state index is 0.849. The van der Waals surface area contributed by atoms with Crippen LogP contribution in [-0.2, 0) is 4.84 Å². The summed E-state index contributed by atoms with van der Waals surface area (Å²) in [6, 6.07) is 0. The molecule has 0 amide bonds. The Labute approximate surface area is 57.8 Å². The standard InChI is InChI=1S/C7H17NO/c1-4-7-9-8(5-2)6-3/h4-7H2,1-3H3/q+1. The van der Waals surface area contributed by atoms with E-state index in [1.165, 1.54) is 0 Å². The summed E-state index contributed by atoms with van der Waals surface area (Å²) in [5, 5.41) is 1.96. The van der Waals surface area contributed by atoms with Crippen molar-refractivity contribution in [2.75, 3.05) is 19.7 Å². The number of hydroxylamine groups is 2. The van der Waals surface area contributed by atoms with Crippen LogP contribution in [0.15, 0.2) is 0 Å². The molecule has 0 aromatic heterocycles. The van der Waals surface area contributed by atoms with Gasteiger partial charge in [-0.05, 0) is 25.3 Å². The highest BCUT2D eigenvalue weighted by Gasteiger charge is 2.07. The van der Waals surface area contributed by atoms with Gasteiger partial charge in [0.2, 0.25) is 0 Å². The van der Waals surface area contributed by atoms with Crippen LogP contribution in [0, 0.1) is 0 Å². The highest BCUT2D eigenvalue weighted by molar-refractivity contribution is 4.40. The van der Waals surface area contributed by atoms with Gasteiger partial charge in [0.25, 0.3) is 0 Å². The van der Waals surface area contributed by atoms with Crippen molar-refractivity contribution in [2.45, 2.75) is 27.2 Å². The molecule has 0 aliphatic carbocycles. The van der Waals surface area contributed by atoms with Crippen LogP contribution < -0.4 is 5.06 Å². The van der Waals surface area contributed by atoms with Gasteiger partial charge in [0.15, 0.2) is 13.1 Å². The summed E-state index contributed by atoms with van der Waals surface area (Å²) in [6.45, 7) is 9.12. The van der Waals surface area contributed by atoms with Gasteiger partial charge in [-0.25, -0.2) is 0 Å². The number of nitrogens with zero attached hydrogens (tertiary/aromatic N) is 1. The molecule has 0 aromatic rings. The molecule has 9 heavy (non-hydrogen) atoms. The fraction of sp³-hybridized carbons (Fsp3) is 1.00. The summed E-state index contributed by atoms with van der Waals surface area (Å²) < 4.78 is 0. The Morgan fingerprint density at radius 1 is 1.11 bits per heavy atom. The minimum absolute atomic E-state index is 0.849. The third-order valence-corrected chi connectivity index (χ3v) is 1.18. The molecule has 0 saturated heterocycles. The second-order valence-corrected chi connectivity index (χ2v) is 1.95. The van der Waals surface area contributed by atoms with E-state index in [2.05, 4.69) is 20.8 Å². The van der Waals surface area contributed by atoms with Crippen LogP contribution in [0.5, 0.6) is 0 Å². The smallest absolute Gasteiger partial charge is 0.149 e. The van der Waals surface area contributed by atoms with Crippen molar-refractivity contribution in [1.82, 2.24) is 5.06 Å². The maximum absolute atomic E-state index is 5.32. The van der Waals surface area contributed by atoms with Crippen molar-refractivity contribution in [3.05, 3.63) is 0 Å². The van der Waals surface area contributed by atoms with Crippen LogP contribution in [0.3, 0.4) is 0 Å². The third kappa shape index (κ3) is 4.43. The summed E-state index contributed by atoms with van der Waals surface area (Å²) in [4.78, 5) is 5.32. The zero-order valence-electron chi connectivity index (χ0n) is 6.68. The van der Waals surface area contributed by atoms with E-state index in [4.69, 9.17) is 4.84 Å². The van der Waals surface area contributed by atoms with Crippen molar-refractivity contribution in [3.63, 3.8) is 0 Å². The minimum Gasteiger partial charge on any atom is -0.149 e. The molecular formula is C7H17NO+. The largest absolute Gasteiger partial charge is 0.157 e. The number of rotatable bonds is 5. The van der Waals surface area contributed by atoms with Crippen LogP contribution in [0.2, 0.25) is 0 Å². The highest BCUT2D eigenvalue weighted by Crippen LogP contribution is 1.85. The van der Waals surface area contributed by atoms with Crippen molar-refractivity contribution < 1.29 is 4.84 Å². The highest BCUT2D eigenvalue weighted by atomic mass is 16.7. The fourth-order valence-electron chi connectivity index (χ4n) is 0.627. The van der Waals surface area contributed by atoms with Crippen molar-refractivity contribution in [2.24, 2.45) is 0 Å². The first-order chi connectivity index (χ1) is 4.35. The Morgan fingerprint density at radius 2 is 1.67 bits per heavy atom. The Morgan fingerprint density at radius 3 is 2.00 bits per heavy atom. The summed E-state index contributed by atoms with van der Waals surface area (Å²) in [5.41, 5.74) is 0. The van der Waals surface area contributed by atoms with Gasteiger partial charge in [-0.3, -0.25) is 0 Å². The average Bonchev–Trinajstić information content (AvgIpc) is 1.91. The second-order valence-electron chi connectivity index (χ2n) is 1.95. The molecule has 2 nitrogen and oxygen atoms in total. The molecule has 0 spiro atoms. The maximum Gasteiger partial charge on any atom is 0.157 e. The predicted octanol–water partition coefficient (Wildman–Crippen LogP) is 1.51. The normalized spacial score (nSPS) is 10.7. The third-order valence-electron chi connectivity index (χ3n) is 1.18. The molecule has 0 N–H and O–H groups in total. The quantitative estimate of drug-likeness (QED) is 0.408. The molecule has 1 radical (unpaired) electrons. The van der Waals surface area contributed by atoms with Crippen molar-refractivity contribution >= 4 is 0 Å². The zero-order chi connectivity index (χ0) is 7.11. The molecule has 0 fully saturated rings. The molecule has 0 heterocycles.